The molecule has 2 heterocycles. The number of aromatic nitrogens is 3. The van der Waals surface area contributed by atoms with E-state index in [1.165, 1.54) is 0 Å². The Kier molecular flexibility index (Phi) is 6.71. The van der Waals surface area contributed by atoms with Crippen molar-refractivity contribution in [1.82, 2.24) is 14.8 Å². The van der Waals surface area contributed by atoms with Crippen LogP contribution in [0.25, 0.3) is 5.69 Å². The van der Waals surface area contributed by atoms with Gasteiger partial charge < -0.3 is 15.2 Å². The van der Waals surface area contributed by atoms with E-state index < -0.39 is 0 Å². The van der Waals surface area contributed by atoms with E-state index in [-0.39, 0.29) is 12.4 Å². The number of nitrogens with two attached hydrogens (primary N) is 1. The van der Waals surface area contributed by atoms with Gasteiger partial charge in [-0.2, -0.15) is 0 Å². The Labute approximate surface area is 146 Å². The molecule has 0 amide bonds. The highest BCUT2D eigenvalue weighted by atomic mass is 35.5. The van der Waals surface area contributed by atoms with Gasteiger partial charge in [0.05, 0.1) is 25.9 Å². The summed E-state index contributed by atoms with van der Waals surface area (Å²) in [5, 5.41) is 9.36. The molecule has 3 rings (SSSR count). The van der Waals surface area contributed by atoms with E-state index in [0.29, 0.717) is 12.5 Å². The van der Waals surface area contributed by atoms with Gasteiger partial charge in [-0.25, -0.2) is 0 Å². The first-order valence-electron chi connectivity index (χ1n) is 7.31. The molecule has 1 aromatic carbocycles. The second-order valence-corrected chi connectivity index (χ2v) is 6.17. The minimum absolute atomic E-state index is 0. The molecule has 1 unspecified atom stereocenters. The Morgan fingerprint density at radius 2 is 2.30 bits per heavy atom. The van der Waals surface area contributed by atoms with Gasteiger partial charge in [-0.05, 0) is 24.5 Å². The van der Waals surface area contributed by atoms with Gasteiger partial charge in [-0.1, -0.05) is 17.8 Å². The van der Waals surface area contributed by atoms with E-state index in [2.05, 4.69) is 10.2 Å². The van der Waals surface area contributed by atoms with Crippen molar-refractivity contribution >= 4 is 24.2 Å². The monoisotopic (exact) mass is 356 g/mol. The molecule has 126 valence electrons. The first-order valence-corrected chi connectivity index (χ1v) is 8.29. The second-order valence-electron chi connectivity index (χ2n) is 5.18. The van der Waals surface area contributed by atoms with Crippen molar-refractivity contribution in [3.8, 4) is 11.4 Å². The summed E-state index contributed by atoms with van der Waals surface area (Å²) in [6.45, 7) is 2.04. The fourth-order valence-corrected chi connectivity index (χ4v) is 3.53. The van der Waals surface area contributed by atoms with E-state index >= 15 is 0 Å². The van der Waals surface area contributed by atoms with Crippen molar-refractivity contribution in [2.24, 2.45) is 11.7 Å². The lowest BCUT2D eigenvalue weighted by Crippen LogP contribution is -2.09. The normalized spacial score (nSPS) is 17.0. The maximum Gasteiger partial charge on any atom is 0.195 e. The lowest BCUT2D eigenvalue weighted by Gasteiger charge is -2.11. The number of hydrogen-bond acceptors (Lipinski definition) is 6. The van der Waals surface area contributed by atoms with E-state index in [9.17, 15) is 0 Å². The lowest BCUT2D eigenvalue weighted by molar-refractivity contribution is 0.189. The van der Waals surface area contributed by atoms with Gasteiger partial charge in [0, 0.05) is 18.4 Å². The summed E-state index contributed by atoms with van der Waals surface area (Å²) in [5.41, 5.74) is 6.77. The van der Waals surface area contributed by atoms with Gasteiger partial charge in [0.15, 0.2) is 11.0 Å². The molecular weight excluding hydrogens is 336 g/mol. The van der Waals surface area contributed by atoms with Crippen molar-refractivity contribution in [3.63, 3.8) is 0 Å². The van der Waals surface area contributed by atoms with Crippen LogP contribution in [-0.4, -0.2) is 40.8 Å². The maximum atomic E-state index is 5.81. The first-order chi connectivity index (χ1) is 10.8. The Morgan fingerprint density at radius 3 is 3.00 bits per heavy atom. The quantitative estimate of drug-likeness (QED) is 0.800. The van der Waals surface area contributed by atoms with E-state index in [1.54, 1.807) is 18.9 Å². The lowest BCUT2D eigenvalue weighted by atomic mass is 10.2. The van der Waals surface area contributed by atoms with Gasteiger partial charge in [0.2, 0.25) is 0 Å². The highest BCUT2D eigenvalue weighted by Gasteiger charge is 2.19. The van der Waals surface area contributed by atoms with Crippen LogP contribution >= 0.6 is 24.2 Å². The van der Waals surface area contributed by atoms with Crippen molar-refractivity contribution in [1.29, 1.82) is 0 Å². The predicted octanol–water partition coefficient (Wildman–Crippen LogP) is 2.29. The zero-order valence-electron chi connectivity index (χ0n) is 13.0. The molecule has 0 saturated carbocycles. The number of ether oxygens (including phenoxy) is 2. The molecule has 2 aromatic rings. The molecule has 1 fully saturated rings. The number of benzene rings is 1. The summed E-state index contributed by atoms with van der Waals surface area (Å²) in [4.78, 5) is 0. The largest absolute Gasteiger partial charge is 0.497 e. The van der Waals surface area contributed by atoms with Crippen molar-refractivity contribution in [2.45, 2.75) is 18.1 Å². The van der Waals surface area contributed by atoms with Crippen molar-refractivity contribution in [2.75, 3.05) is 26.1 Å². The standard InChI is InChI=1S/C15H20N4O2S.ClH/c1-20-13-4-2-3-12(7-13)19-14(8-16)17-18-15(19)22-10-11-5-6-21-9-11;/h2-4,7,11H,5-6,8-10,16H2,1H3;1H. The third-order valence-corrected chi connectivity index (χ3v) is 4.83. The summed E-state index contributed by atoms with van der Waals surface area (Å²) in [7, 11) is 1.66. The number of hydrogen-bond donors (Lipinski definition) is 1. The number of halogens is 1. The number of rotatable bonds is 6. The summed E-state index contributed by atoms with van der Waals surface area (Å²) in [5.74, 6) is 3.11. The van der Waals surface area contributed by atoms with Gasteiger partial charge >= 0.3 is 0 Å². The van der Waals surface area contributed by atoms with E-state index in [4.69, 9.17) is 15.2 Å². The number of nitrogens with zero attached hydrogens (tertiary/aromatic N) is 3. The third kappa shape index (κ3) is 4.17. The van der Waals surface area contributed by atoms with Crippen LogP contribution in [0.1, 0.15) is 12.2 Å². The van der Waals surface area contributed by atoms with Gasteiger partial charge in [-0.3, -0.25) is 4.57 Å². The minimum atomic E-state index is 0. The molecule has 1 atom stereocenters. The molecule has 0 aliphatic carbocycles. The van der Waals surface area contributed by atoms with Crippen molar-refractivity contribution < 1.29 is 9.47 Å². The minimum Gasteiger partial charge on any atom is -0.497 e. The Balaban J connectivity index is 0.00000192. The van der Waals surface area contributed by atoms with Crippen LogP contribution in [-0.2, 0) is 11.3 Å². The Morgan fingerprint density at radius 1 is 1.43 bits per heavy atom. The molecule has 0 radical (unpaired) electrons. The van der Waals surface area contributed by atoms with Crippen LogP contribution in [0.2, 0.25) is 0 Å². The van der Waals surface area contributed by atoms with Gasteiger partial charge in [0.1, 0.15) is 5.75 Å². The highest BCUT2D eigenvalue weighted by molar-refractivity contribution is 7.99. The predicted molar refractivity (Wildman–Crippen MR) is 92.7 cm³/mol. The highest BCUT2D eigenvalue weighted by Crippen LogP contribution is 2.27. The molecule has 8 heteroatoms. The van der Waals surface area contributed by atoms with Crippen molar-refractivity contribution in [3.05, 3.63) is 30.1 Å². The summed E-state index contributed by atoms with van der Waals surface area (Å²) >= 11 is 1.70. The zero-order valence-corrected chi connectivity index (χ0v) is 14.6. The molecule has 6 nitrogen and oxygen atoms in total. The zero-order chi connectivity index (χ0) is 15.4. The fraction of sp³-hybridized carbons (Fsp3) is 0.467. The number of methoxy groups -OCH3 is 1. The average molecular weight is 357 g/mol. The van der Waals surface area contributed by atoms with Gasteiger partial charge in [-0.15, -0.1) is 22.6 Å². The molecule has 1 aliphatic heterocycles. The number of thioether (sulfide) groups is 1. The van der Waals surface area contributed by atoms with Gasteiger partial charge in [0.25, 0.3) is 0 Å². The van der Waals surface area contributed by atoms with Crippen LogP contribution in [0.3, 0.4) is 0 Å². The van der Waals surface area contributed by atoms with Crippen LogP contribution in [0.5, 0.6) is 5.75 Å². The molecule has 1 aromatic heterocycles. The summed E-state index contributed by atoms with van der Waals surface area (Å²) in [6.07, 6.45) is 1.12. The van der Waals surface area contributed by atoms with Crippen LogP contribution < -0.4 is 10.5 Å². The first kappa shape index (κ1) is 18.1. The Hall–Kier alpha value is -1.28. The topological polar surface area (TPSA) is 75.2 Å². The maximum absolute atomic E-state index is 5.81. The van der Waals surface area contributed by atoms with E-state index in [0.717, 1.165) is 47.8 Å². The molecule has 0 bridgehead atoms. The smallest absolute Gasteiger partial charge is 0.195 e. The summed E-state index contributed by atoms with van der Waals surface area (Å²) < 4.78 is 12.7. The molecular formula is C15H21ClN4O2S. The van der Waals surface area contributed by atoms with E-state index in [1.807, 2.05) is 28.8 Å². The second kappa shape index (κ2) is 8.54. The molecule has 1 saturated heterocycles. The summed E-state index contributed by atoms with van der Waals surface area (Å²) in [6, 6.07) is 7.84. The Bertz CT molecular complexity index is 632. The molecule has 1 aliphatic rings. The molecule has 2 N–H and O–H groups in total. The van der Waals surface area contributed by atoms with Crippen LogP contribution in [0, 0.1) is 5.92 Å². The molecule has 23 heavy (non-hydrogen) atoms. The SMILES string of the molecule is COc1cccc(-n2c(CN)nnc2SCC2CCOC2)c1.Cl. The third-order valence-electron chi connectivity index (χ3n) is 3.67. The van der Waals surface area contributed by atoms with Crippen LogP contribution in [0.4, 0.5) is 0 Å². The molecule has 0 spiro atoms. The average Bonchev–Trinajstić information content (AvgIpc) is 3.22. The van der Waals surface area contributed by atoms with Crippen LogP contribution in [0.15, 0.2) is 29.4 Å². The fourth-order valence-electron chi connectivity index (χ4n) is 2.44.